The molecule has 1 amide bonds. The number of hydrogen-bond acceptors (Lipinski definition) is 3. The molecule has 1 N–H and O–H groups in total. The first kappa shape index (κ1) is 16.9. The summed E-state index contributed by atoms with van der Waals surface area (Å²) in [5, 5.41) is 3.11. The van der Waals surface area contributed by atoms with Crippen LogP contribution in [-0.2, 0) is 4.79 Å². The van der Waals surface area contributed by atoms with Crippen LogP contribution in [0.1, 0.15) is 44.9 Å². The van der Waals surface area contributed by atoms with E-state index in [1.54, 1.807) is 0 Å². The number of ether oxygens (including phenoxy) is 2. The molecule has 5 heteroatoms. The van der Waals surface area contributed by atoms with Crippen LogP contribution in [0.25, 0.3) is 0 Å². The Morgan fingerprint density at radius 1 is 1.15 bits per heavy atom. The molecule has 4 aliphatic carbocycles. The van der Waals surface area contributed by atoms with E-state index in [1.807, 2.05) is 24.3 Å². The Hall–Kier alpha value is -1.23. The first-order valence-electron chi connectivity index (χ1n) is 9.85. The lowest BCUT2D eigenvalue weighted by atomic mass is 9.48. The van der Waals surface area contributed by atoms with Crippen LogP contribution in [0.15, 0.2) is 24.3 Å². The van der Waals surface area contributed by atoms with Gasteiger partial charge in [-0.15, -0.1) is 0 Å². The van der Waals surface area contributed by atoms with E-state index < -0.39 is 0 Å². The number of para-hydroxylation sites is 2. The smallest absolute Gasteiger partial charge is 0.220 e. The number of hydrogen-bond donors (Lipinski definition) is 1. The molecular weight excluding hydrogens is 394 g/mol. The summed E-state index contributed by atoms with van der Waals surface area (Å²) < 4.78 is 12.0. The quantitative estimate of drug-likeness (QED) is 0.748. The predicted molar refractivity (Wildman–Crippen MR) is 103 cm³/mol. The van der Waals surface area contributed by atoms with Gasteiger partial charge in [-0.3, -0.25) is 4.79 Å². The van der Waals surface area contributed by atoms with Gasteiger partial charge in [-0.25, -0.2) is 0 Å². The van der Waals surface area contributed by atoms with Crippen molar-refractivity contribution in [1.29, 1.82) is 0 Å². The topological polar surface area (TPSA) is 47.6 Å². The minimum Gasteiger partial charge on any atom is -0.486 e. The number of alkyl halides is 1. The highest BCUT2D eigenvalue weighted by Crippen LogP contribution is 2.65. The number of nitrogens with one attached hydrogen (secondary N) is 1. The SMILES string of the molecule is O=C(CC12C[C@@H]3C[C@@H](CC(Br)(C3)C1)C2)NC[C@H]1COc2ccccc2O1. The molecule has 5 atom stereocenters. The van der Waals surface area contributed by atoms with Gasteiger partial charge in [-0.2, -0.15) is 0 Å². The summed E-state index contributed by atoms with van der Waals surface area (Å²) in [4.78, 5) is 12.7. The fraction of sp³-hybridized carbons (Fsp3) is 0.667. The molecule has 4 nitrogen and oxygen atoms in total. The number of fused-ring (bicyclic) bond motifs is 1. The van der Waals surface area contributed by atoms with E-state index >= 15 is 0 Å². The van der Waals surface area contributed by atoms with Gasteiger partial charge in [0.05, 0.1) is 6.54 Å². The largest absolute Gasteiger partial charge is 0.486 e. The van der Waals surface area contributed by atoms with Crippen LogP contribution in [-0.4, -0.2) is 29.5 Å². The molecular formula is C21H26BrNO3. The van der Waals surface area contributed by atoms with Gasteiger partial charge in [-0.05, 0) is 67.9 Å². The summed E-state index contributed by atoms with van der Waals surface area (Å²) >= 11 is 4.03. The monoisotopic (exact) mass is 419 g/mol. The summed E-state index contributed by atoms with van der Waals surface area (Å²) in [6, 6.07) is 7.69. The van der Waals surface area contributed by atoms with Crippen molar-refractivity contribution in [2.24, 2.45) is 17.3 Å². The van der Waals surface area contributed by atoms with Crippen molar-refractivity contribution in [3.63, 3.8) is 0 Å². The second-order valence-corrected chi connectivity index (χ2v) is 10.8. The zero-order valence-electron chi connectivity index (χ0n) is 15.0. The van der Waals surface area contributed by atoms with E-state index in [1.165, 1.54) is 32.1 Å². The van der Waals surface area contributed by atoms with Crippen LogP contribution in [0, 0.1) is 17.3 Å². The van der Waals surface area contributed by atoms with Crippen molar-refractivity contribution >= 4 is 21.8 Å². The lowest BCUT2D eigenvalue weighted by Crippen LogP contribution is -2.54. The lowest BCUT2D eigenvalue weighted by Gasteiger charge is -2.60. The Bertz CT molecular complexity index is 707. The van der Waals surface area contributed by atoms with Crippen LogP contribution < -0.4 is 14.8 Å². The molecule has 4 bridgehead atoms. The molecule has 5 aliphatic rings. The number of benzene rings is 1. The Morgan fingerprint density at radius 3 is 2.62 bits per heavy atom. The third kappa shape index (κ3) is 3.12. The van der Waals surface area contributed by atoms with Crippen molar-refractivity contribution in [3.8, 4) is 11.5 Å². The Labute approximate surface area is 163 Å². The van der Waals surface area contributed by atoms with Gasteiger partial charge in [0, 0.05) is 10.7 Å². The fourth-order valence-electron chi connectivity index (χ4n) is 6.34. The lowest BCUT2D eigenvalue weighted by molar-refractivity contribution is -0.128. The average Bonchev–Trinajstić information content (AvgIpc) is 2.57. The average molecular weight is 420 g/mol. The zero-order valence-corrected chi connectivity index (χ0v) is 16.6. The van der Waals surface area contributed by atoms with Crippen LogP contribution in [0.4, 0.5) is 0 Å². The van der Waals surface area contributed by atoms with Gasteiger partial charge in [-0.1, -0.05) is 28.1 Å². The number of halogens is 1. The van der Waals surface area contributed by atoms with Crippen LogP contribution in [0.5, 0.6) is 11.5 Å². The molecule has 26 heavy (non-hydrogen) atoms. The first-order chi connectivity index (χ1) is 12.5. The maximum atomic E-state index is 12.7. The molecule has 0 aromatic heterocycles. The van der Waals surface area contributed by atoms with Crippen molar-refractivity contribution < 1.29 is 14.3 Å². The van der Waals surface area contributed by atoms with Gasteiger partial charge in [0.25, 0.3) is 0 Å². The van der Waals surface area contributed by atoms with Gasteiger partial charge < -0.3 is 14.8 Å². The zero-order chi connectivity index (χ0) is 17.8. The van der Waals surface area contributed by atoms with Gasteiger partial charge in [0.1, 0.15) is 12.7 Å². The Morgan fingerprint density at radius 2 is 1.88 bits per heavy atom. The van der Waals surface area contributed by atoms with E-state index in [0.717, 1.165) is 29.8 Å². The maximum Gasteiger partial charge on any atom is 0.220 e. The Kier molecular flexibility index (Phi) is 4.00. The molecule has 4 saturated carbocycles. The minimum absolute atomic E-state index is 0.118. The molecule has 6 rings (SSSR count). The second kappa shape index (κ2) is 6.15. The molecule has 0 radical (unpaired) electrons. The van der Waals surface area contributed by atoms with Crippen LogP contribution >= 0.6 is 15.9 Å². The maximum absolute atomic E-state index is 12.7. The second-order valence-electron chi connectivity index (χ2n) is 9.09. The van der Waals surface area contributed by atoms with Crippen molar-refractivity contribution in [2.45, 2.75) is 55.4 Å². The van der Waals surface area contributed by atoms with E-state index in [-0.39, 0.29) is 17.4 Å². The highest BCUT2D eigenvalue weighted by molar-refractivity contribution is 9.10. The van der Waals surface area contributed by atoms with Crippen molar-refractivity contribution in [1.82, 2.24) is 5.32 Å². The molecule has 1 aliphatic heterocycles. The third-order valence-corrected chi connectivity index (χ3v) is 7.67. The van der Waals surface area contributed by atoms with Gasteiger partial charge in [0.2, 0.25) is 5.91 Å². The summed E-state index contributed by atoms with van der Waals surface area (Å²) in [5.74, 6) is 3.35. The summed E-state index contributed by atoms with van der Waals surface area (Å²) in [5.41, 5.74) is 0.216. The summed E-state index contributed by atoms with van der Waals surface area (Å²) in [7, 11) is 0. The molecule has 140 valence electrons. The molecule has 1 aromatic carbocycles. The standard InChI is InChI=1S/C21H26BrNO3/c22-21-8-14-5-15(9-21)7-20(6-14,13-21)10-19(24)23-11-16-12-25-17-3-1-2-4-18(17)26-16/h1-4,14-16H,5-13H2,(H,23,24)/t14-,15+,16-,20?,21?/m0/s1. The number of rotatable bonds is 4. The number of amides is 1. The molecule has 2 unspecified atom stereocenters. The summed E-state index contributed by atoms with van der Waals surface area (Å²) in [6.07, 6.45) is 8.17. The van der Waals surface area contributed by atoms with E-state index in [9.17, 15) is 4.79 Å². The number of carbonyl (C=O) groups excluding carboxylic acids is 1. The number of carbonyl (C=O) groups is 1. The van der Waals surface area contributed by atoms with Crippen LogP contribution in [0.3, 0.4) is 0 Å². The normalized spacial score (nSPS) is 39.7. The fourth-order valence-corrected chi connectivity index (χ4v) is 7.85. The molecule has 0 saturated heterocycles. The Balaban J connectivity index is 1.17. The molecule has 0 spiro atoms. The summed E-state index contributed by atoms with van der Waals surface area (Å²) in [6.45, 7) is 0.993. The highest BCUT2D eigenvalue weighted by atomic mass is 79.9. The van der Waals surface area contributed by atoms with Crippen molar-refractivity contribution in [2.75, 3.05) is 13.2 Å². The highest BCUT2D eigenvalue weighted by Gasteiger charge is 2.57. The minimum atomic E-state index is -0.118. The van der Waals surface area contributed by atoms with Crippen LogP contribution in [0.2, 0.25) is 0 Å². The van der Waals surface area contributed by atoms with E-state index in [0.29, 0.717) is 23.9 Å². The van der Waals surface area contributed by atoms with Crippen molar-refractivity contribution in [3.05, 3.63) is 24.3 Å². The molecule has 4 fully saturated rings. The van der Waals surface area contributed by atoms with E-state index in [4.69, 9.17) is 9.47 Å². The molecule has 1 heterocycles. The van der Waals surface area contributed by atoms with Gasteiger partial charge in [0.15, 0.2) is 11.5 Å². The molecule has 1 aromatic rings. The predicted octanol–water partition coefficient (Wildman–Crippen LogP) is 4.07. The first-order valence-corrected chi connectivity index (χ1v) is 10.6. The van der Waals surface area contributed by atoms with Gasteiger partial charge >= 0.3 is 0 Å². The third-order valence-electron chi connectivity index (χ3n) is 6.74. The van der Waals surface area contributed by atoms with E-state index in [2.05, 4.69) is 21.2 Å².